The van der Waals surface area contributed by atoms with Gasteiger partial charge in [0.05, 0.1) is 16.1 Å². The number of aromatic nitrogens is 2. The summed E-state index contributed by atoms with van der Waals surface area (Å²) in [6.45, 7) is 1.97. The molecular formula is C23H18ClN3O2S. The van der Waals surface area contributed by atoms with Gasteiger partial charge in [-0.2, -0.15) is 0 Å². The van der Waals surface area contributed by atoms with Crippen molar-refractivity contribution in [3.8, 4) is 21.7 Å². The second kappa shape index (κ2) is 8.26. The molecule has 0 bridgehead atoms. The number of benzene rings is 2. The maximum Gasteiger partial charge on any atom is 0.335 e. The molecule has 0 saturated carbocycles. The van der Waals surface area contributed by atoms with Gasteiger partial charge >= 0.3 is 5.97 Å². The predicted molar refractivity (Wildman–Crippen MR) is 121 cm³/mol. The molecule has 0 radical (unpaired) electrons. The minimum atomic E-state index is -0.953. The Kier molecular flexibility index (Phi) is 5.53. The molecule has 0 aliphatic carbocycles. The van der Waals surface area contributed by atoms with E-state index in [0.717, 1.165) is 32.3 Å². The lowest BCUT2D eigenvalue weighted by atomic mass is 9.96. The molecule has 0 amide bonds. The van der Waals surface area contributed by atoms with Gasteiger partial charge in [-0.3, -0.25) is 0 Å². The maximum absolute atomic E-state index is 11.7. The second-order valence-electron chi connectivity index (χ2n) is 6.82. The number of carboxylic acids is 1. The Hall–Kier alpha value is -3.22. The molecule has 4 aromatic rings. The van der Waals surface area contributed by atoms with Crippen LogP contribution in [0.4, 0.5) is 5.82 Å². The first kappa shape index (κ1) is 20.1. The van der Waals surface area contributed by atoms with Gasteiger partial charge in [0.2, 0.25) is 0 Å². The largest absolute Gasteiger partial charge is 0.478 e. The van der Waals surface area contributed by atoms with Crippen LogP contribution in [0.1, 0.15) is 33.8 Å². The van der Waals surface area contributed by atoms with Crippen molar-refractivity contribution in [2.45, 2.75) is 12.8 Å². The minimum absolute atomic E-state index is 0.201. The summed E-state index contributed by atoms with van der Waals surface area (Å²) in [6, 6.07) is 18.2. The van der Waals surface area contributed by atoms with E-state index in [-0.39, 0.29) is 11.5 Å². The van der Waals surface area contributed by atoms with Crippen molar-refractivity contribution in [3.05, 3.63) is 88.0 Å². The van der Waals surface area contributed by atoms with E-state index in [1.807, 2.05) is 49.4 Å². The summed E-state index contributed by atoms with van der Waals surface area (Å²) >= 11 is 7.73. The Bertz CT molecular complexity index is 1180. The van der Waals surface area contributed by atoms with Gasteiger partial charge in [-0.15, -0.1) is 11.3 Å². The summed E-state index contributed by atoms with van der Waals surface area (Å²) in [5, 5.41) is 11.0. The Balaban J connectivity index is 1.89. The van der Waals surface area contributed by atoms with Crippen molar-refractivity contribution in [1.29, 1.82) is 0 Å². The fourth-order valence-corrected chi connectivity index (χ4v) is 4.69. The van der Waals surface area contributed by atoms with Crippen molar-refractivity contribution < 1.29 is 9.90 Å². The Morgan fingerprint density at radius 3 is 2.63 bits per heavy atom. The van der Waals surface area contributed by atoms with Gasteiger partial charge in [0.1, 0.15) is 10.8 Å². The van der Waals surface area contributed by atoms with Crippen LogP contribution in [0.5, 0.6) is 0 Å². The molecule has 150 valence electrons. The number of rotatable bonds is 5. The molecule has 3 N–H and O–H groups in total. The number of nitrogen functional groups attached to an aromatic ring is 1. The van der Waals surface area contributed by atoms with E-state index in [1.54, 1.807) is 24.4 Å². The van der Waals surface area contributed by atoms with Gasteiger partial charge in [0.15, 0.2) is 0 Å². The Labute approximate surface area is 182 Å². The van der Waals surface area contributed by atoms with Crippen LogP contribution in [-0.4, -0.2) is 21.0 Å². The minimum Gasteiger partial charge on any atom is -0.478 e. The average Bonchev–Trinajstić information content (AvgIpc) is 3.19. The number of halogens is 1. The van der Waals surface area contributed by atoms with E-state index in [4.69, 9.17) is 22.3 Å². The highest BCUT2D eigenvalue weighted by atomic mass is 35.5. The van der Waals surface area contributed by atoms with E-state index in [1.165, 1.54) is 11.3 Å². The van der Waals surface area contributed by atoms with Gasteiger partial charge in [-0.25, -0.2) is 14.8 Å². The van der Waals surface area contributed by atoms with Crippen molar-refractivity contribution in [2.24, 2.45) is 0 Å². The molecule has 0 aliphatic heterocycles. The van der Waals surface area contributed by atoms with Crippen LogP contribution in [-0.2, 0) is 0 Å². The summed E-state index contributed by atoms with van der Waals surface area (Å²) in [6.07, 6.45) is 1.66. The zero-order chi connectivity index (χ0) is 21.3. The first-order valence-corrected chi connectivity index (χ1v) is 10.4. The monoisotopic (exact) mass is 435 g/mol. The number of nitrogens with zero attached hydrogens (tertiary/aromatic N) is 2. The van der Waals surface area contributed by atoms with E-state index in [0.29, 0.717) is 10.8 Å². The first-order valence-electron chi connectivity index (χ1n) is 9.25. The molecular weight excluding hydrogens is 418 g/mol. The number of hydrogen-bond donors (Lipinski definition) is 2. The van der Waals surface area contributed by atoms with Gasteiger partial charge in [-0.05, 0) is 41.5 Å². The predicted octanol–water partition coefficient (Wildman–Crippen LogP) is 5.96. The normalized spacial score (nSPS) is 11.9. The van der Waals surface area contributed by atoms with Crippen LogP contribution in [0.15, 0.2) is 66.9 Å². The van der Waals surface area contributed by atoms with E-state index < -0.39 is 5.97 Å². The number of carbonyl (C=O) groups is 1. The fraction of sp³-hybridized carbons (Fsp3) is 0.0870. The lowest BCUT2D eigenvalue weighted by Gasteiger charge is -2.11. The van der Waals surface area contributed by atoms with Crippen LogP contribution in [0.2, 0.25) is 5.02 Å². The number of pyridine rings is 1. The summed E-state index contributed by atoms with van der Waals surface area (Å²) in [5.41, 5.74) is 9.47. The molecule has 1 atom stereocenters. The number of carboxylic acid groups (broad SMARTS) is 1. The summed E-state index contributed by atoms with van der Waals surface area (Å²) in [7, 11) is 0. The quantitative estimate of drug-likeness (QED) is 0.403. The summed E-state index contributed by atoms with van der Waals surface area (Å²) in [5.74, 6) is -0.733. The summed E-state index contributed by atoms with van der Waals surface area (Å²) in [4.78, 5) is 21.6. The van der Waals surface area contributed by atoms with Crippen molar-refractivity contribution in [3.63, 3.8) is 0 Å². The van der Waals surface area contributed by atoms with Crippen LogP contribution >= 0.6 is 22.9 Å². The van der Waals surface area contributed by atoms with Crippen molar-refractivity contribution >= 4 is 34.7 Å². The molecule has 0 fully saturated rings. The number of nitrogens with two attached hydrogens (primary N) is 1. The van der Waals surface area contributed by atoms with Gasteiger partial charge < -0.3 is 10.8 Å². The van der Waals surface area contributed by atoms with Crippen LogP contribution in [0.3, 0.4) is 0 Å². The van der Waals surface area contributed by atoms with Crippen LogP contribution in [0.25, 0.3) is 21.7 Å². The molecule has 2 heterocycles. The number of thiazole rings is 1. The molecule has 0 aliphatic rings. The highest BCUT2D eigenvalue weighted by molar-refractivity contribution is 7.15. The topological polar surface area (TPSA) is 89.1 Å². The van der Waals surface area contributed by atoms with Crippen molar-refractivity contribution in [2.75, 3.05) is 5.73 Å². The van der Waals surface area contributed by atoms with E-state index in [9.17, 15) is 9.90 Å². The molecule has 2 aromatic heterocycles. The molecule has 7 heteroatoms. The second-order valence-corrected chi connectivity index (χ2v) is 8.29. The lowest BCUT2D eigenvalue weighted by Crippen LogP contribution is -2.06. The maximum atomic E-state index is 11.7. The molecule has 0 spiro atoms. The molecule has 30 heavy (non-hydrogen) atoms. The van der Waals surface area contributed by atoms with Crippen LogP contribution < -0.4 is 5.73 Å². The highest BCUT2D eigenvalue weighted by Crippen LogP contribution is 2.41. The molecule has 1 unspecified atom stereocenters. The summed E-state index contributed by atoms with van der Waals surface area (Å²) < 4.78 is 0. The molecule has 4 rings (SSSR count). The molecule has 0 saturated heterocycles. The smallest absolute Gasteiger partial charge is 0.335 e. The van der Waals surface area contributed by atoms with E-state index >= 15 is 0 Å². The Morgan fingerprint density at radius 1 is 1.10 bits per heavy atom. The first-order chi connectivity index (χ1) is 14.4. The Morgan fingerprint density at radius 2 is 1.90 bits per heavy atom. The highest BCUT2D eigenvalue weighted by Gasteiger charge is 2.23. The number of aromatic carboxylic acids is 1. The SMILES string of the molecule is CC(c1nc(-c2cccc(Cl)c2)c(-c2ccnc(N)c2)s1)c1ccccc1C(=O)O. The van der Waals surface area contributed by atoms with Crippen LogP contribution in [0, 0.1) is 0 Å². The van der Waals surface area contributed by atoms with Gasteiger partial charge in [-0.1, -0.05) is 48.9 Å². The molecule has 5 nitrogen and oxygen atoms in total. The standard InChI is InChI=1S/C23H18ClN3O2S/c1-13(17-7-2-3-8-18(17)23(28)29)22-27-20(14-5-4-6-16(24)11-14)21(30-22)15-9-10-26-19(25)12-15/h2-13H,1H3,(H2,25,26)(H,28,29). The molecule has 2 aromatic carbocycles. The number of hydrogen-bond acceptors (Lipinski definition) is 5. The van der Waals surface area contributed by atoms with Crippen molar-refractivity contribution in [1.82, 2.24) is 9.97 Å². The van der Waals surface area contributed by atoms with E-state index in [2.05, 4.69) is 4.98 Å². The fourth-order valence-electron chi connectivity index (χ4n) is 3.34. The average molecular weight is 436 g/mol. The zero-order valence-electron chi connectivity index (χ0n) is 16.0. The van der Waals surface area contributed by atoms with Gasteiger partial charge in [0, 0.05) is 22.7 Å². The van der Waals surface area contributed by atoms with Gasteiger partial charge in [0.25, 0.3) is 0 Å². The third-order valence-corrected chi connectivity index (χ3v) is 6.34. The third kappa shape index (κ3) is 3.92. The number of anilines is 1. The lowest BCUT2D eigenvalue weighted by molar-refractivity contribution is 0.0695. The third-order valence-electron chi connectivity index (χ3n) is 4.81. The zero-order valence-corrected chi connectivity index (χ0v) is 17.6.